The van der Waals surface area contributed by atoms with E-state index in [2.05, 4.69) is 20.4 Å². The average Bonchev–Trinajstić information content (AvgIpc) is 3.13. The summed E-state index contributed by atoms with van der Waals surface area (Å²) in [7, 11) is 0. The van der Waals surface area contributed by atoms with Crippen LogP contribution in [0.15, 0.2) is 60.9 Å². The Labute approximate surface area is 163 Å². The Hall–Kier alpha value is -3.75. The molecule has 1 N–H and O–H groups in total. The fourth-order valence-corrected chi connectivity index (χ4v) is 2.98. The van der Waals surface area contributed by atoms with Crippen molar-refractivity contribution in [2.75, 3.05) is 5.32 Å². The van der Waals surface area contributed by atoms with Crippen molar-refractivity contribution in [3.8, 4) is 11.3 Å². The fraction of sp³-hybridized carbons (Fsp3) is 0.100. The number of nitrogens with one attached hydrogen (secondary N) is 1. The van der Waals surface area contributed by atoms with Gasteiger partial charge in [0, 0.05) is 11.8 Å². The molecular formula is C20H14F3N5O. The third-order valence-corrected chi connectivity index (χ3v) is 4.30. The summed E-state index contributed by atoms with van der Waals surface area (Å²) in [6, 6.07) is 11.7. The maximum Gasteiger partial charge on any atom is 0.417 e. The topological polar surface area (TPSA) is 72.2 Å². The van der Waals surface area contributed by atoms with Crippen molar-refractivity contribution in [3.63, 3.8) is 0 Å². The molecule has 0 spiro atoms. The number of hydrogen-bond donors (Lipinski definition) is 1. The molecule has 1 aromatic carbocycles. The maximum atomic E-state index is 13.4. The van der Waals surface area contributed by atoms with Crippen LogP contribution in [0.2, 0.25) is 0 Å². The summed E-state index contributed by atoms with van der Waals surface area (Å²) >= 11 is 0. The lowest BCUT2D eigenvalue weighted by Crippen LogP contribution is -2.16. The number of aryl methyl sites for hydroxylation is 1. The van der Waals surface area contributed by atoms with Crippen LogP contribution in [-0.2, 0) is 6.18 Å². The summed E-state index contributed by atoms with van der Waals surface area (Å²) in [5.74, 6) is -0.188. The van der Waals surface area contributed by atoms with Crippen LogP contribution in [-0.4, -0.2) is 25.5 Å². The molecule has 0 saturated carbocycles. The number of imidazole rings is 1. The molecule has 3 heterocycles. The van der Waals surface area contributed by atoms with E-state index in [-0.39, 0.29) is 17.0 Å². The van der Waals surface area contributed by atoms with E-state index in [1.165, 1.54) is 41.2 Å². The smallest absolute Gasteiger partial charge is 0.305 e. The van der Waals surface area contributed by atoms with Crippen molar-refractivity contribution in [1.29, 1.82) is 0 Å². The van der Waals surface area contributed by atoms with E-state index in [1.807, 2.05) is 0 Å². The zero-order valence-corrected chi connectivity index (χ0v) is 15.1. The number of carbonyl (C=O) groups is 1. The highest BCUT2D eigenvalue weighted by Crippen LogP contribution is 2.36. The summed E-state index contributed by atoms with van der Waals surface area (Å²) in [6.07, 6.45) is -1.68. The number of nitrogens with zero attached hydrogens (tertiary/aromatic N) is 4. The fourth-order valence-electron chi connectivity index (χ4n) is 2.98. The molecule has 0 radical (unpaired) electrons. The number of pyridine rings is 1. The highest BCUT2D eigenvalue weighted by Gasteiger charge is 2.34. The van der Waals surface area contributed by atoms with E-state index in [4.69, 9.17) is 0 Å². The number of carbonyl (C=O) groups excluding carboxylic acids is 1. The first-order valence-electron chi connectivity index (χ1n) is 8.59. The van der Waals surface area contributed by atoms with E-state index in [9.17, 15) is 18.0 Å². The number of aromatic nitrogens is 4. The molecule has 0 bridgehead atoms. The quantitative estimate of drug-likeness (QED) is 0.557. The number of alkyl halides is 3. The maximum absolute atomic E-state index is 13.4. The van der Waals surface area contributed by atoms with Gasteiger partial charge in [-0.2, -0.15) is 18.3 Å². The van der Waals surface area contributed by atoms with Gasteiger partial charge in [-0.3, -0.25) is 4.79 Å². The largest absolute Gasteiger partial charge is 0.417 e. The molecule has 9 heteroatoms. The minimum Gasteiger partial charge on any atom is -0.305 e. The van der Waals surface area contributed by atoms with Gasteiger partial charge >= 0.3 is 6.18 Å². The van der Waals surface area contributed by atoms with Gasteiger partial charge in [0.25, 0.3) is 5.91 Å². The Balaban J connectivity index is 1.82. The van der Waals surface area contributed by atoms with E-state index in [0.29, 0.717) is 17.0 Å². The summed E-state index contributed by atoms with van der Waals surface area (Å²) in [5.41, 5.74) is 0.266. The Morgan fingerprint density at radius 2 is 1.83 bits per heavy atom. The van der Waals surface area contributed by atoms with Crippen molar-refractivity contribution < 1.29 is 18.0 Å². The Bertz CT molecular complexity index is 1200. The summed E-state index contributed by atoms with van der Waals surface area (Å²) < 4.78 is 41.5. The lowest BCUT2D eigenvalue weighted by atomic mass is 10.0. The first-order valence-corrected chi connectivity index (χ1v) is 8.59. The first-order chi connectivity index (χ1) is 13.8. The SMILES string of the molecule is Cc1cc(-c2ccccc2C(F)(F)F)nn2c(C(=O)Nc3ccccn3)cnc12. The van der Waals surface area contributed by atoms with Crippen molar-refractivity contribution in [2.24, 2.45) is 0 Å². The van der Waals surface area contributed by atoms with Crippen molar-refractivity contribution >= 4 is 17.4 Å². The molecule has 4 aromatic rings. The van der Waals surface area contributed by atoms with Crippen LogP contribution < -0.4 is 5.32 Å². The second kappa shape index (κ2) is 7.01. The second-order valence-electron chi connectivity index (χ2n) is 6.30. The van der Waals surface area contributed by atoms with Crippen LogP contribution in [0.25, 0.3) is 16.9 Å². The number of benzene rings is 1. The molecule has 0 aliphatic carbocycles. The molecule has 3 aromatic heterocycles. The van der Waals surface area contributed by atoms with Crippen LogP contribution in [0.5, 0.6) is 0 Å². The molecule has 4 rings (SSSR count). The minimum absolute atomic E-state index is 0.0743. The van der Waals surface area contributed by atoms with E-state index < -0.39 is 17.6 Å². The zero-order valence-electron chi connectivity index (χ0n) is 15.1. The average molecular weight is 397 g/mol. The van der Waals surface area contributed by atoms with Crippen LogP contribution in [0, 0.1) is 6.92 Å². The molecule has 29 heavy (non-hydrogen) atoms. The van der Waals surface area contributed by atoms with Gasteiger partial charge in [0.05, 0.1) is 17.5 Å². The summed E-state index contributed by atoms with van der Waals surface area (Å²) in [6.45, 7) is 1.70. The molecule has 0 aliphatic heterocycles. The van der Waals surface area contributed by atoms with Gasteiger partial charge in [-0.15, -0.1) is 0 Å². The molecule has 6 nitrogen and oxygen atoms in total. The first kappa shape index (κ1) is 18.6. The van der Waals surface area contributed by atoms with E-state index in [0.717, 1.165) is 6.07 Å². The Kier molecular flexibility index (Phi) is 4.50. The number of anilines is 1. The van der Waals surface area contributed by atoms with Crippen LogP contribution in [0.1, 0.15) is 21.6 Å². The zero-order chi connectivity index (χ0) is 20.6. The summed E-state index contributed by atoms with van der Waals surface area (Å²) in [5, 5.41) is 6.90. The Morgan fingerprint density at radius 3 is 2.55 bits per heavy atom. The Morgan fingerprint density at radius 1 is 1.07 bits per heavy atom. The number of hydrogen-bond acceptors (Lipinski definition) is 4. The number of fused-ring (bicyclic) bond motifs is 1. The third-order valence-electron chi connectivity index (χ3n) is 4.30. The van der Waals surface area contributed by atoms with Gasteiger partial charge in [0.1, 0.15) is 5.82 Å². The lowest BCUT2D eigenvalue weighted by molar-refractivity contribution is -0.137. The highest BCUT2D eigenvalue weighted by molar-refractivity contribution is 6.02. The van der Waals surface area contributed by atoms with E-state index in [1.54, 1.807) is 25.1 Å². The molecular weight excluding hydrogens is 383 g/mol. The van der Waals surface area contributed by atoms with Crippen molar-refractivity contribution in [2.45, 2.75) is 13.1 Å². The van der Waals surface area contributed by atoms with Crippen molar-refractivity contribution in [1.82, 2.24) is 19.6 Å². The van der Waals surface area contributed by atoms with Crippen molar-refractivity contribution in [3.05, 3.63) is 77.7 Å². The van der Waals surface area contributed by atoms with Crippen LogP contribution in [0.3, 0.4) is 0 Å². The van der Waals surface area contributed by atoms with Gasteiger partial charge in [0.15, 0.2) is 11.3 Å². The standard InChI is InChI=1S/C20H14F3N5O/c1-12-10-15(13-6-2-3-7-14(13)20(21,22)23)27-28-16(11-25-18(12)28)19(29)26-17-8-4-5-9-24-17/h2-11H,1H3,(H,24,26,29). The van der Waals surface area contributed by atoms with Crippen LogP contribution in [0.4, 0.5) is 19.0 Å². The van der Waals surface area contributed by atoms with Gasteiger partial charge in [-0.1, -0.05) is 24.3 Å². The molecule has 0 atom stereocenters. The van der Waals surface area contributed by atoms with Gasteiger partial charge < -0.3 is 5.32 Å². The van der Waals surface area contributed by atoms with E-state index >= 15 is 0 Å². The second-order valence-corrected chi connectivity index (χ2v) is 6.30. The van der Waals surface area contributed by atoms with Gasteiger partial charge in [0.2, 0.25) is 0 Å². The molecule has 1 amide bonds. The monoisotopic (exact) mass is 397 g/mol. The molecule has 0 aliphatic rings. The van der Waals surface area contributed by atoms with Gasteiger partial charge in [-0.25, -0.2) is 14.5 Å². The number of amides is 1. The molecule has 0 unspecified atom stereocenters. The van der Waals surface area contributed by atoms with Crippen LogP contribution >= 0.6 is 0 Å². The summed E-state index contributed by atoms with van der Waals surface area (Å²) in [4.78, 5) is 20.8. The normalized spacial score (nSPS) is 11.6. The number of rotatable bonds is 3. The predicted molar refractivity (Wildman–Crippen MR) is 100 cm³/mol. The number of halogens is 3. The molecule has 0 fully saturated rings. The van der Waals surface area contributed by atoms with Gasteiger partial charge in [-0.05, 0) is 36.8 Å². The minimum atomic E-state index is -4.53. The molecule has 146 valence electrons. The molecule has 0 saturated heterocycles. The predicted octanol–water partition coefficient (Wildman–Crippen LogP) is 4.37. The lowest BCUT2D eigenvalue weighted by Gasteiger charge is -2.13. The highest BCUT2D eigenvalue weighted by atomic mass is 19.4. The third kappa shape index (κ3) is 3.54.